The van der Waals surface area contributed by atoms with Crippen LogP contribution in [-0.4, -0.2) is 46.9 Å². The second-order valence-electron chi connectivity index (χ2n) is 4.81. The molecule has 106 valence electrons. The van der Waals surface area contributed by atoms with Crippen LogP contribution in [-0.2, 0) is 9.53 Å². The molecule has 0 saturated carbocycles. The molecule has 0 radical (unpaired) electrons. The first-order valence-electron chi connectivity index (χ1n) is 6.69. The normalized spacial score (nSPS) is 24.3. The Morgan fingerprint density at radius 2 is 2.47 bits per heavy atom. The Labute approximate surface area is 112 Å². The molecule has 1 saturated heterocycles. The molecule has 2 heterocycles. The highest BCUT2D eigenvalue weighted by molar-refractivity contribution is 5.80. The van der Waals surface area contributed by atoms with Crippen LogP contribution in [0.2, 0.25) is 0 Å². The number of rotatable bonds is 6. The molecule has 1 aliphatic heterocycles. The van der Waals surface area contributed by atoms with Crippen LogP contribution < -0.4 is 10.6 Å². The van der Waals surface area contributed by atoms with Crippen molar-refractivity contribution < 1.29 is 9.53 Å². The monoisotopic (exact) mass is 267 g/mol. The van der Waals surface area contributed by atoms with Gasteiger partial charge in [0.1, 0.15) is 12.2 Å². The Morgan fingerprint density at radius 3 is 3.16 bits per heavy atom. The zero-order chi connectivity index (χ0) is 13.7. The quantitative estimate of drug-likeness (QED) is 0.674. The summed E-state index contributed by atoms with van der Waals surface area (Å²) in [6.45, 7) is 5.94. The van der Waals surface area contributed by atoms with E-state index in [2.05, 4.69) is 32.7 Å². The molecule has 7 heteroatoms. The van der Waals surface area contributed by atoms with Crippen LogP contribution in [0.4, 0.5) is 0 Å². The predicted octanol–water partition coefficient (Wildman–Crippen LogP) is -0.00350. The van der Waals surface area contributed by atoms with Crippen molar-refractivity contribution in [3.63, 3.8) is 0 Å². The van der Waals surface area contributed by atoms with E-state index >= 15 is 0 Å². The van der Waals surface area contributed by atoms with Gasteiger partial charge in [-0.1, -0.05) is 6.92 Å². The third kappa shape index (κ3) is 3.51. The molecular weight excluding hydrogens is 246 g/mol. The number of amides is 1. The van der Waals surface area contributed by atoms with Crippen molar-refractivity contribution >= 4 is 5.91 Å². The molecule has 3 atom stereocenters. The molecule has 0 bridgehead atoms. The van der Waals surface area contributed by atoms with Gasteiger partial charge in [0.15, 0.2) is 0 Å². The van der Waals surface area contributed by atoms with Crippen molar-refractivity contribution in [2.75, 3.05) is 19.8 Å². The maximum atomic E-state index is 12.2. The Balaban J connectivity index is 1.88. The Kier molecular flexibility index (Phi) is 4.86. The average molecular weight is 267 g/mol. The van der Waals surface area contributed by atoms with Crippen LogP contribution in [0.15, 0.2) is 6.33 Å². The third-order valence-electron chi connectivity index (χ3n) is 3.28. The van der Waals surface area contributed by atoms with E-state index in [4.69, 9.17) is 4.74 Å². The molecular formula is C12H21N5O2. The standard InChI is InChI=1S/C12H21N5O2/c1-3-4-13-10-6-19-5-9(10)12(18)16-8(2)11-14-7-15-17-11/h7-10,13H,3-6H2,1-2H3,(H,16,18)(H,14,15,17). The highest BCUT2D eigenvalue weighted by Crippen LogP contribution is 2.16. The minimum Gasteiger partial charge on any atom is -0.379 e. The molecule has 1 aromatic rings. The van der Waals surface area contributed by atoms with Crippen molar-refractivity contribution in [3.8, 4) is 0 Å². The Morgan fingerprint density at radius 1 is 1.63 bits per heavy atom. The highest BCUT2D eigenvalue weighted by atomic mass is 16.5. The number of aromatic nitrogens is 3. The first-order valence-corrected chi connectivity index (χ1v) is 6.69. The predicted molar refractivity (Wildman–Crippen MR) is 69.3 cm³/mol. The van der Waals surface area contributed by atoms with Crippen molar-refractivity contribution in [1.29, 1.82) is 0 Å². The summed E-state index contributed by atoms with van der Waals surface area (Å²) >= 11 is 0. The molecule has 3 N–H and O–H groups in total. The van der Waals surface area contributed by atoms with E-state index in [0.717, 1.165) is 13.0 Å². The molecule has 1 aliphatic rings. The van der Waals surface area contributed by atoms with Crippen molar-refractivity contribution in [2.45, 2.75) is 32.4 Å². The maximum Gasteiger partial charge on any atom is 0.227 e. The second kappa shape index (κ2) is 6.63. The lowest BCUT2D eigenvalue weighted by atomic mass is 10.0. The first-order chi connectivity index (χ1) is 9.22. The summed E-state index contributed by atoms with van der Waals surface area (Å²) < 4.78 is 5.40. The van der Waals surface area contributed by atoms with Crippen molar-refractivity contribution in [1.82, 2.24) is 25.8 Å². The van der Waals surface area contributed by atoms with E-state index in [9.17, 15) is 4.79 Å². The summed E-state index contributed by atoms with van der Waals surface area (Å²) in [6.07, 6.45) is 2.47. The minimum absolute atomic E-state index is 0.00463. The van der Waals surface area contributed by atoms with Gasteiger partial charge in [-0.25, -0.2) is 4.98 Å². The zero-order valence-corrected chi connectivity index (χ0v) is 11.3. The summed E-state index contributed by atoms with van der Waals surface area (Å²) in [7, 11) is 0. The van der Waals surface area contributed by atoms with Crippen LogP contribution in [0.3, 0.4) is 0 Å². The SMILES string of the molecule is CCCNC1COCC1C(=O)NC(C)c1ncn[nH]1. The van der Waals surface area contributed by atoms with Gasteiger partial charge in [-0.3, -0.25) is 9.89 Å². The van der Waals surface area contributed by atoms with Crippen LogP contribution in [0.25, 0.3) is 0 Å². The van der Waals surface area contributed by atoms with Crippen LogP contribution in [0.5, 0.6) is 0 Å². The molecule has 7 nitrogen and oxygen atoms in total. The number of hydrogen-bond donors (Lipinski definition) is 3. The molecule has 2 rings (SSSR count). The van der Waals surface area contributed by atoms with Gasteiger partial charge in [-0.2, -0.15) is 5.10 Å². The number of hydrogen-bond acceptors (Lipinski definition) is 5. The van der Waals surface area contributed by atoms with E-state index in [1.54, 1.807) is 0 Å². The summed E-state index contributed by atoms with van der Waals surface area (Å²) in [4.78, 5) is 16.3. The fourth-order valence-corrected chi connectivity index (χ4v) is 2.16. The molecule has 19 heavy (non-hydrogen) atoms. The Hall–Kier alpha value is -1.47. The number of aromatic amines is 1. The van der Waals surface area contributed by atoms with Gasteiger partial charge in [0, 0.05) is 6.04 Å². The largest absolute Gasteiger partial charge is 0.379 e. The Bertz CT molecular complexity index is 395. The van der Waals surface area contributed by atoms with Gasteiger partial charge in [0.2, 0.25) is 5.91 Å². The van der Waals surface area contributed by atoms with E-state index in [0.29, 0.717) is 19.0 Å². The molecule has 3 unspecified atom stereocenters. The number of carbonyl (C=O) groups is 1. The van der Waals surface area contributed by atoms with Crippen LogP contribution in [0.1, 0.15) is 32.1 Å². The second-order valence-corrected chi connectivity index (χ2v) is 4.81. The molecule has 0 aliphatic carbocycles. The number of H-pyrrole nitrogens is 1. The van der Waals surface area contributed by atoms with E-state index in [1.807, 2.05) is 6.92 Å². The number of nitrogens with zero attached hydrogens (tertiary/aromatic N) is 2. The fourth-order valence-electron chi connectivity index (χ4n) is 2.16. The smallest absolute Gasteiger partial charge is 0.227 e. The van der Waals surface area contributed by atoms with Gasteiger partial charge in [0.25, 0.3) is 0 Å². The summed E-state index contributed by atoms with van der Waals surface area (Å²) in [6, 6.07) is -0.0794. The number of nitrogens with one attached hydrogen (secondary N) is 3. The fraction of sp³-hybridized carbons (Fsp3) is 0.750. The van der Waals surface area contributed by atoms with Gasteiger partial charge < -0.3 is 15.4 Å². The summed E-state index contributed by atoms with van der Waals surface area (Å²) in [5.41, 5.74) is 0. The van der Waals surface area contributed by atoms with Gasteiger partial charge in [0.05, 0.1) is 25.2 Å². The van der Waals surface area contributed by atoms with E-state index < -0.39 is 0 Å². The number of carbonyl (C=O) groups excluding carboxylic acids is 1. The van der Waals surface area contributed by atoms with Gasteiger partial charge >= 0.3 is 0 Å². The maximum absolute atomic E-state index is 12.2. The highest BCUT2D eigenvalue weighted by Gasteiger charge is 2.34. The zero-order valence-electron chi connectivity index (χ0n) is 11.3. The molecule has 0 spiro atoms. The average Bonchev–Trinajstić information content (AvgIpc) is 3.07. The lowest BCUT2D eigenvalue weighted by Crippen LogP contribution is -2.44. The van der Waals surface area contributed by atoms with Crippen molar-refractivity contribution in [2.24, 2.45) is 5.92 Å². The van der Waals surface area contributed by atoms with E-state index in [1.165, 1.54) is 6.33 Å². The molecule has 1 fully saturated rings. The summed E-state index contributed by atoms with van der Waals surface area (Å²) in [5, 5.41) is 12.8. The summed E-state index contributed by atoms with van der Waals surface area (Å²) in [5.74, 6) is 0.511. The van der Waals surface area contributed by atoms with Crippen LogP contribution >= 0.6 is 0 Å². The molecule has 1 amide bonds. The third-order valence-corrected chi connectivity index (χ3v) is 3.28. The lowest BCUT2D eigenvalue weighted by Gasteiger charge is -2.20. The van der Waals surface area contributed by atoms with Crippen LogP contribution in [0, 0.1) is 5.92 Å². The minimum atomic E-state index is -0.178. The first kappa shape index (κ1) is 14.0. The molecule has 0 aromatic carbocycles. The van der Waals surface area contributed by atoms with Gasteiger partial charge in [-0.05, 0) is 19.9 Å². The number of ether oxygens (including phenoxy) is 1. The van der Waals surface area contributed by atoms with E-state index in [-0.39, 0.29) is 23.9 Å². The van der Waals surface area contributed by atoms with Crippen molar-refractivity contribution in [3.05, 3.63) is 12.2 Å². The topological polar surface area (TPSA) is 91.9 Å². The molecule has 1 aromatic heterocycles. The van der Waals surface area contributed by atoms with Gasteiger partial charge in [-0.15, -0.1) is 0 Å². The lowest BCUT2D eigenvalue weighted by molar-refractivity contribution is -0.126.